The van der Waals surface area contributed by atoms with Gasteiger partial charge in [0.1, 0.15) is 5.82 Å². The van der Waals surface area contributed by atoms with E-state index in [1.807, 2.05) is 13.8 Å². The van der Waals surface area contributed by atoms with Crippen LogP contribution in [0.3, 0.4) is 0 Å². The lowest BCUT2D eigenvalue weighted by Crippen LogP contribution is -2.47. The zero-order valence-corrected chi connectivity index (χ0v) is 13.3. The number of rotatable bonds is 3. The summed E-state index contributed by atoms with van der Waals surface area (Å²) in [5.74, 6) is -0.359. The molecule has 3 amide bonds. The van der Waals surface area contributed by atoms with Gasteiger partial charge in [0, 0.05) is 26.6 Å². The molecule has 2 rings (SSSR count). The molecule has 1 heterocycles. The minimum atomic E-state index is -0.323. The van der Waals surface area contributed by atoms with E-state index < -0.39 is 0 Å². The molecule has 1 aromatic carbocycles. The van der Waals surface area contributed by atoms with Gasteiger partial charge < -0.3 is 15.1 Å². The number of likely N-dealkylation sites (N-methyl/N-ethyl adjacent to an activating group) is 1. The first-order valence-electron chi connectivity index (χ1n) is 7.35. The molecule has 1 aliphatic rings. The van der Waals surface area contributed by atoms with E-state index in [9.17, 15) is 14.0 Å². The summed E-state index contributed by atoms with van der Waals surface area (Å²) in [7, 11) is 3.42. The minimum absolute atomic E-state index is 0.0353. The number of carbonyl (C=O) groups excluding carboxylic acids is 2. The topological polar surface area (TPSA) is 52.7 Å². The monoisotopic (exact) mass is 307 g/mol. The van der Waals surface area contributed by atoms with Gasteiger partial charge in [-0.15, -0.1) is 0 Å². The Kier molecular flexibility index (Phi) is 4.68. The Labute approximate surface area is 130 Å². The molecule has 2 unspecified atom stereocenters. The zero-order valence-electron chi connectivity index (χ0n) is 13.3. The van der Waals surface area contributed by atoms with Gasteiger partial charge in [0.15, 0.2) is 0 Å². The number of hydrogen-bond acceptors (Lipinski definition) is 2. The van der Waals surface area contributed by atoms with Gasteiger partial charge in [-0.3, -0.25) is 4.79 Å². The fraction of sp³-hybridized carbons (Fsp3) is 0.500. The molecule has 1 saturated heterocycles. The van der Waals surface area contributed by atoms with Crippen molar-refractivity contribution in [1.82, 2.24) is 15.1 Å². The lowest BCUT2D eigenvalue weighted by Gasteiger charge is -2.29. The number of likely N-dealkylation sites (tertiary alicyclic amines) is 1. The highest BCUT2D eigenvalue weighted by Gasteiger charge is 2.39. The molecule has 2 atom stereocenters. The molecular weight excluding hydrogens is 285 g/mol. The molecule has 120 valence electrons. The van der Waals surface area contributed by atoms with Crippen molar-refractivity contribution >= 4 is 11.9 Å². The molecule has 1 fully saturated rings. The highest BCUT2D eigenvalue weighted by molar-refractivity contribution is 5.82. The Morgan fingerprint density at radius 1 is 1.36 bits per heavy atom. The summed E-state index contributed by atoms with van der Waals surface area (Å²) in [6.07, 6.45) is 0.246. The van der Waals surface area contributed by atoms with Gasteiger partial charge in [0.25, 0.3) is 0 Å². The number of urea groups is 1. The summed E-state index contributed by atoms with van der Waals surface area (Å²) in [5, 5.41) is 2.91. The highest BCUT2D eigenvalue weighted by atomic mass is 19.1. The number of halogens is 1. The Morgan fingerprint density at radius 3 is 2.50 bits per heavy atom. The molecule has 0 radical (unpaired) electrons. The second kappa shape index (κ2) is 6.34. The van der Waals surface area contributed by atoms with Crippen LogP contribution >= 0.6 is 0 Å². The largest absolute Gasteiger partial charge is 0.337 e. The molecule has 0 bridgehead atoms. The van der Waals surface area contributed by atoms with Crippen LogP contribution in [0.5, 0.6) is 0 Å². The second-order valence-corrected chi connectivity index (χ2v) is 5.97. The Hall–Kier alpha value is -2.11. The van der Waals surface area contributed by atoms with Gasteiger partial charge in [-0.2, -0.15) is 0 Å². The van der Waals surface area contributed by atoms with E-state index in [2.05, 4.69) is 5.32 Å². The molecule has 0 saturated carbocycles. The summed E-state index contributed by atoms with van der Waals surface area (Å²) in [4.78, 5) is 27.4. The standard InChI is InChI=1S/C16H22FN3O2/c1-10(2)19(3)16(22)18-13-9-14(21)20(4)15(13)11-5-7-12(17)8-6-11/h5-8,10,13,15H,9H2,1-4H3,(H,18,22). The van der Waals surface area contributed by atoms with Crippen molar-refractivity contribution < 1.29 is 14.0 Å². The molecule has 22 heavy (non-hydrogen) atoms. The summed E-state index contributed by atoms with van der Waals surface area (Å²) in [6.45, 7) is 3.84. The molecule has 1 N–H and O–H groups in total. The molecule has 1 aliphatic heterocycles. The van der Waals surface area contributed by atoms with Crippen LogP contribution in [0.1, 0.15) is 31.9 Å². The molecule has 5 nitrogen and oxygen atoms in total. The summed E-state index contributed by atoms with van der Waals surface area (Å²) < 4.78 is 13.1. The van der Waals surface area contributed by atoms with Crippen molar-refractivity contribution in [2.45, 2.75) is 38.4 Å². The van der Waals surface area contributed by atoms with Crippen LogP contribution in [0.15, 0.2) is 24.3 Å². The summed E-state index contributed by atoms with van der Waals surface area (Å²) in [5.41, 5.74) is 0.812. The lowest BCUT2D eigenvalue weighted by molar-refractivity contribution is -0.127. The predicted octanol–water partition coefficient (Wildman–Crippen LogP) is 2.15. The Morgan fingerprint density at radius 2 is 1.95 bits per heavy atom. The van der Waals surface area contributed by atoms with E-state index in [0.29, 0.717) is 0 Å². The minimum Gasteiger partial charge on any atom is -0.337 e. The van der Waals surface area contributed by atoms with Gasteiger partial charge in [-0.05, 0) is 31.5 Å². The van der Waals surface area contributed by atoms with Crippen LogP contribution in [-0.2, 0) is 4.79 Å². The van der Waals surface area contributed by atoms with Crippen molar-refractivity contribution in [3.63, 3.8) is 0 Å². The van der Waals surface area contributed by atoms with Crippen molar-refractivity contribution in [3.8, 4) is 0 Å². The van der Waals surface area contributed by atoms with E-state index in [1.54, 1.807) is 36.0 Å². The van der Waals surface area contributed by atoms with Crippen molar-refractivity contribution in [3.05, 3.63) is 35.6 Å². The third kappa shape index (κ3) is 3.21. The van der Waals surface area contributed by atoms with E-state index in [4.69, 9.17) is 0 Å². The molecular formula is C16H22FN3O2. The number of nitrogens with zero attached hydrogens (tertiary/aromatic N) is 2. The smallest absolute Gasteiger partial charge is 0.317 e. The maximum atomic E-state index is 13.1. The summed E-state index contributed by atoms with van der Waals surface area (Å²) >= 11 is 0. The van der Waals surface area contributed by atoms with Gasteiger partial charge in [0.05, 0.1) is 12.1 Å². The fourth-order valence-electron chi connectivity index (χ4n) is 2.61. The number of amides is 3. The number of benzene rings is 1. The first kappa shape index (κ1) is 16.3. The van der Waals surface area contributed by atoms with E-state index >= 15 is 0 Å². The Bertz CT molecular complexity index is 559. The first-order valence-corrected chi connectivity index (χ1v) is 7.35. The van der Waals surface area contributed by atoms with Crippen molar-refractivity contribution in [1.29, 1.82) is 0 Å². The second-order valence-electron chi connectivity index (χ2n) is 5.97. The highest BCUT2D eigenvalue weighted by Crippen LogP contribution is 2.32. The maximum absolute atomic E-state index is 13.1. The van der Waals surface area contributed by atoms with Crippen molar-refractivity contribution in [2.75, 3.05) is 14.1 Å². The van der Waals surface area contributed by atoms with Gasteiger partial charge >= 0.3 is 6.03 Å². The van der Waals surface area contributed by atoms with Gasteiger partial charge in [-0.25, -0.2) is 9.18 Å². The fourth-order valence-corrected chi connectivity index (χ4v) is 2.61. The van der Waals surface area contributed by atoms with Gasteiger partial charge in [0.2, 0.25) is 5.91 Å². The Balaban J connectivity index is 2.20. The van der Waals surface area contributed by atoms with Crippen LogP contribution in [0.2, 0.25) is 0 Å². The lowest BCUT2D eigenvalue weighted by atomic mass is 10.0. The number of hydrogen-bond donors (Lipinski definition) is 1. The van der Waals surface area contributed by atoms with Gasteiger partial charge in [-0.1, -0.05) is 12.1 Å². The maximum Gasteiger partial charge on any atom is 0.317 e. The summed E-state index contributed by atoms with van der Waals surface area (Å²) in [6, 6.07) is 5.29. The SMILES string of the molecule is CC(C)N(C)C(=O)NC1CC(=O)N(C)C1c1ccc(F)cc1. The third-order valence-electron chi connectivity index (χ3n) is 4.20. The molecule has 0 spiro atoms. The molecule has 1 aromatic rings. The van der Waals surface area contributed by atoms with E-state index in [-0.39, 0.29) is 42.3 Å². The van der Waals surface area contributed by atoms with E-state index in [1.165, 1.54) is 12.1 Å². The van der Waals surface area contributed by atoms with Crippen LogP contribution in [0.25, 0.3) is 0 Å². The van der Waals surface area contributed by atoms with Crippen LogP contribution in [-0.4, -0.2) is 47.9 Å². The average molecular weight is 307 g/mol. The molecule has 6 heteroatoms. The normalized spacial score (nSPS) is 21.4. The predicted molar refractivity (Wildman–Crippen MR) is 81.7 cm³/mol. The number of nitrogens with one attached hydrogen (secondary N) is 1. The zero-order chi connectivity index (χ0) is 16.4. The number of carbonyl (C=O) groups is 2. The quantitative estimate of drug-likeness (QED) is 0.930. The average Bonchev–Trinajstić information content (AvgIpc) is 2.74. The third-order valence-corrected chi connectivity index (χ3v) is 4.20. The first-order chi connectivity index (χ1) is 10.3. The van der Waals surface area contributed by atoms with Crippen LogP contribution < -0.4 is 5.32 Å². The van der Waals surface area contributed by atoms with Crippen LogP contribution in [0.4, 0.5) is 9.18 Å². The van der Waals surface area contributed by atoms with Crippen molar-refractivity contribution in [2.24, 2.45) is 0 Å². The van der Waals surface area contributed by atoms with E-state index in [0.717, 1.165) is 5.56 Å². The molecule has 0 aliphatic carbocycles. The van der Waals surface area contributed by atoms with Crippen LogP contribution in [0, 0.1) is 5.82 Å². The molecule has 0 aromatic heterocycles.